The minimum absolute atomic E-state index is 0.543. The predicted octanol–water partition coefficient (Wildman–Crippen LogP) is 3.09. The van der Waals surface area contributed by atoms with Crippen LogP contribution in [-0.4, -0.2) is 16.0 Å². The summed E-state index contributed by atoms with van der Waals surface area (Å²) in [4.78, 5) is 7.50. The quantitative estimate of drug-likeness (QED) is 0.830. The SMILES string of the molecule is CCC(C)C(C)NCc1c[nH]c2ncccc12. The van der Waals surface area contributed by atoms with Crippen LogP contribution in [0.2, 0.25) is 0 Å². The molecule has 0 spiro atoms. The molecule has 0 aliphatic rings. The van der Waals surface area contributed by atoms with Crippen LogP contribution >= 0.6 is 0 Å². The molecule has 0 radical (unpaired) electrons. The lowest BCUT2D eigenvalue weighted by Crippen LogP contribution is -2.31. The van der Waals surface area contributed by atoms with Gasteiger partial charge in [-0.15, -0.1) is 0 Å². The highest BCUT2D eigenvalue weighted by Gasteiger charge is 2.10. The van der Waals surface area contributed by atoms with Crippen LogP contribution in [0.4, 0.5) is 0 Å². The molecule has 2 heterocycles. The van der Waals surface area contributed by atoms with Gasteiger partial charge in [0, 0.05) is 30.4 Å². The fourth-order valence-corrected chi connectivity index (χ4v) is 1.98. The molecule has 2 rings (SSSR count). The molecule has 17 heavy (non-hydrogen) atoms. The molecule has 3 heteroatoms. The van der Waals surface area contributed by atoms with Crippen LogP contribution in [-0.2, 0) is 6.54 Å². The van der Waals surface area contributed by atoms with Gasteiger partial charge < -0.3 is 10.3 Å². The minimum atomic E-state index is 0.543. The predicted molar refractivity (Wildman–Crippen MR) is 71.9 cm³/mol. The van der Waals surface area contributed by atoms with Gasteiger partial charge in [-0.1, -0.05) is 20.3 Å². The van der Waals surface area contributed by atoms with Crippen LogP contribution in [0.3, 0.4) is 0 Å². The summed E-state index contributed by atoms with van der Waals surface area (Å²) in [5.74, 6) is 0.707. The Morgan fingerprint density at radius 2 is 2.24 bits per heavy atom. The molecule has 2 aromatic rings. The summed E-state index contributed by atoms with van der Waals surface area (Å²) in [6.45, 7) is 7.67. The highest BCUT2D eigenvalue weighted by Crippen LogP contribution is 2.16. The second-order valence-corrected chi connectivity index (χ2v) is 4.77. The maximum Gasteiger partial charge on any atom is 0.137 e. The molecule has 2 unspecified atom stereocenters. The zero-order valence-electron chi connectivity index (χ0n) is 10.8. The first-order valence-corrected chi connectivity index (χ1v) is 6.36. The van der Waals surface area contributed by atoms with Gasteiger partial charge in [0.2, 0.25) is 0 Å². The van der Waals surface area contributed by atoms with Gasteiger partial charge in [0.1, 0.15) is 5.65 Å². The number of hydrogen-bond donors (Lipinski definition) is 2. The molecule has 92 valence electrons. The number of H-pyrrole nitrogens is 1. The van der Waals surface area contributed by atoms with Crippen molar-refractivity contribution in [2.45, 2.75) is 39.8 Å². The fraction of sp³-hybridized carbons (Fsp3) is 0.500. The normalized spacial score (nSPS) is 15.0. The average molecular weight is 231 g/mol. The molecule has 0 saturated heterocycles. The van der Waals surface area contributed by atoms with E-state index in [1.807, 2.05) is 18.5 Å². The Morgan fingerprint density at radius 1 is 1.41 bits per heavy atom. The third-order valence-electron chi connectivity index (χ3n) is 3.65. The zero-order valence-corrected chi connectivity index (χ0v) is 10.8. The average Bonchev–Trinajstić information content (AvgIpc) is 2.78. The molecule has 2 aromatic heterocycles. The number of fused-ring (bicyclic) bond motifs is 1. The first-order valence-electron chi connectivity index (χ1n) is 6.36. The van der Waals surface area contributed by atoms with Gasteiger partial charge in [-0.2, -0.15) is 0 Å². The maximum absolute atomic E-state index is 4.30. The van der Waals surface area contributed by atoms with E-state index in [1.54, 1.807) is 0 Å². The summed E-state index contributed by atoms with van der Waals surface area (Å²) < 4.78 is 0. The molecule has 0 aromatic carbocycles. The Morgan fingerprint density at radius 3 is 3.00 bits per heavy atom. The summed E-state index contributed by atoms with van der Waals surface area (Å²) in [7, 11) is 0. The van der Waals surface area contributed by atoms with Crippen molar-refractivity contribution in [2.24, 2.45) is 5.92 Å². The molecular weight excluding hydrogens is 210 g/mol. The lowest BCUT2D eigenvalue weighted by molar-refractivity contribution is 0.390. The minimum Gasteiger partial charge on any atom is -0.346 e. The van der Waals surface area contributed by atoms with E-state index in [9.17, 15) is 0 Å². The van der Waals surface area contributed by atoms with Crippen LogP contribution in [0.25, 0.3) is 11.0 Å². The van der Waals surface area contributed by atoms with E-state index in [4.69, 9.17) is 0 Å². The van der Waals surface area contributed by atoms with E-state index < -0.39 is 0 Å². The summed E-state index contributed by atoms with van der Waals surface area (Å²) >= 11 is 0. The molecule has 3 nitrogen and oxygen atoms in total. The van der Waals surface area contributed by atoms with Gasteiger partial charge in [0.05, 0.1) is 0 Å². The highest BCUT2D eigenvalue weighted by molar-refractivity contribution is 5.79. The Balaban J connectivity index is 2.04. The second-order valence-electron chi connectivity index (χ2n) is 4.77. The van der Waals surface area contributed by atoms with Crippen LogP contribution in [0.1, 0.15) is 32.8 Å². The Bertz CT molecular complexity index is 475. The molecule has 0 aliphatic carbocycles. The molecular formula is C14H21N3. The van der Waals surface area contributed by atoms with E-state index in [-0.39, 0.29) is 0 Å². The lowest BCUT2D eigenvalue weighted by Gasteiger charge is -2.19. The summed E-state index contributed by atoms with van der Waals surface area (Å²) in [6, 6.07) is 4.64. The number of aromatic amines is 1. The molecule has 2 N–H and O–H groups in total. The van der Waals surface area contributed by atoms with Gasteiger partial charge in [0.25, 0.3) is 0 Å². The second kappa shape index (κ2) is 5.32. The van der Waals surface area contributed by atoms with Gasteiger partial charge in [0.15, 0.2) is 0 Å². The van der Waals surface area contributed by atoms with Gasteiger partial charge in [-0.25, -0.2) is 4.98 Å². The molecule has 0 amide bonds. The topological polar surface area (TPSA) is 40.7 Å². The standard InChI is InChI=1S/C14H21N3/c1-4-10(2)11(3)16-8-12-9-17-14-13(12)6-5-7-15-14/h5-7,9-11,16H,4,8H2,1-3H3,(H,15,17). The van der Waals surface area contributed by atoms with E-state index in [0.717, 1.165) is 12.2 Å². The highest BCUT2D eigenvalue weighted by atomic mass is 14.9. The first-order chi connectivity index (χ1) is 8.22. The summed E-state index contributed by atoms with van der Waals surface area (Å²) in [5, 5.41) is 4.80. The Kier molecular flexibility index (Phi) is 3.79. The summed E-state index contributed by atoms with van der Waals surface area (Å²) in [6.07, 6.45) is 5.08. The van der Waals surface area contributed by atoms with Crippen LogP contribution in [0.15, 0.2) is 24.5 Å². The van der Waals surface area contributed by atoms with Crippen molar-refractivity contribution < 1.29 is 0 Å². The van der Waals surface area contributed by atoms with E-state index >= 15 is 0 Å². The fourth-order valence-electron chi connectivity index (χ4n) is 1.98. The van der Waals surface area contributed by atoms with Gasteiger partial charge in [-0.3, -0.25) is 0 Å². The third kappa shape index (κ3) is 2.67. The smallest absolute Gasteiger partial charge is 0.137 e. The van der Waals surface area contributed by atoms with Crippen molar-refractivity contribution in [3.05, 3.63) is 30.1 Å². The molecule has 0 aliphatic heterocycles. The molecule has 0 bridgehead atoms. The molecule has 2 atom stereocenters. The number of pyridine rings is 1. The van der Waals surface area contributed by atoms with Crippen molar-refractivity contribution in [3.8, 4) is 0 Å². The maximum atomic E-state index is 4.30. The van der Waals surface area contributed by atoms with E-state index in [1.165, 1.54) is 17.4 Å². The van der Waals surface area contributed by atoms with E-state index in [2.05, 4.69) is 42.1 Å². The molecule has 0 fully saturated rings. The van der Waals surface area contributed by atoms with Crippen molar-refractivity contribution >= 4 is 11.0 Å². The van der Waals surface area contributed by atoms with Crippen molar-refractivity contribution in [1.82, 2.24) is 15.3 Å². The zero-order chi connectivity index (χ0) is 12.3. The third-order valence-corrected chi connectivity index (χ3v) is 3.65. The lowest BCUT2D eigenvalue weighted by atomic mass is 10.0. The van der Waals surface area contributed by atoms with Crippen LogP contribution in [0, 0.1) is 5.92 Å². The largest absolute Gasteiger partial charge is 0.346 e. The van der Waals surface area contributed by atoms with Crippen molar-refractivity contribution in [2.75, 3.05) is 0 Å². The number of nitrogens with zero attached hydrogens (tertiary/aromatic N) is 1. The Labute approximate surface area is 103 Å². The van der Waals surface area contributed by atoms with E-state index in [0.29, 0.717) is 12.0 Å². The van der Waals surface area contributed by atoms with Gasteiger partial charge in [-0.05, 0) is 30.5 Å². The monoisotopic (exact) mass is 231 g/mol. The summed E-state index contributed by atoms with van der Waals surface area (Å²) in [5.41, 5.74) is 2.27. The number of rotatable bonds is 5. The number of aromatic nitrogens is 2. The van der Waals surface area contributed by atoms with Crippen molar-refractivity contribution in [3.63, 3.8) is 0 Å². The number of hydrogen-bond acceptors (Lipinski definition) is 2. The van der Waals surface area contributed by atoms with Crippen LogP contribution < -0.4 is 5.32 Å². The number of nitrogens with one attached hydrogen (secondary N) is 2. The van der Waals surface area contributed by atoms with Crippen molar-refractivity contribution in [1.29, 1.82) is 0 Å². The molecule has 0 saturated carbocycles. The van der Waals surface area contributed by atoms with Gasteiger partial charge >= 0.3 is 0 Å². The first kappa shape index (κ1) is 12.1. The van der Waals surface area contributed by atoms with Crippen LogP contribution in [0.5, 0.6) is 0 Å². The Hall–Kier alpha value is -1.35.